The molecule has 0 unspecified atom stereocenters. The SMILES string of the molecule is CCCCOc1ccc(C=CC(=O)Nc2ccccc2C(N)=O)cc1. The van der Waals surface area contributed by atoms with Gasteiger partial charge >= 0.3 is 0 Å². The first-order valence-corrected chi connectivity index (χ1v) is 8.21. The second-order valence-electron chi connectivity index (χ2n) is 5.50. The molecule has 0 fully saturated rings. The lowest BCUT2D eigenvalue weighted by atomic mass is 10.1. The molecule has 2 aromatic rings. The Morgan fingerprint density at radius 2 is 1.84 bits per heavy atom. The van der Waals surface area contributed by atoms with Gasteiger partial charge < -0.3 is 15.8 Å². The van der Waals surface area contributed by atoms with E-state index in [9.17, 15) is 9.59 Å². The summed E-state index contributed by atoms with van der Waals surface area (Å²) in [5.74, 6) is -0.110. The van der Waals surface area contributed by atoms with Crippen LogP contribution in [0.15, 0.2) is 54.6 Å². The largest absolute Gasteiger partial charge is 0.494 e. The molecule has 0 heterocycles. The number of nitrogens with two attached hydrogens (primary N) is 1. The predicted octanol–water partition coefficient (Wildman–Crippen LogP) is 3.62. The van der Waals surface area contributed by atoms with Gasteiger partial charge in [-0.1, -0.05) is 37.6 Å². The van der Waals surface area contributed by atoms with Crippen LogP contribution in [-0.4, -0.2) is 18.4 Å². The van der Waals surface area contributed by atoms with E-state index in [0.29, 0.717) is 12.3 Å². The van der Waals surface area contributed by atoms with Gasteiger partial charge in [0.05, 0.1) is 17.9 Å². The number of unbranched alkanes of at least 4 members (excludes halogenated alkanes) is 1. The first-order valence-electron chi connectivity index (χ1n) is 8.21. The number of amides is 2. The second kappa shape index (κ2) is 9.27. The standard InChI is InChI=1S/C20H22N2O3/c1-2-3-14-25-16-11-8-15(9-12-16)10-13-19(23)22-18-7-5-4-6-17(18)20(21)24/h4-13H,2-3,14H2,1H3,(H2,21,24)(H,22,23). The predicted molar refractivity (Wildman–Crippen MR) is 99.5 cm³/mol. The van der Waals surface area contributed by atoms with E-state index in [2.05, 4.69) is 12.2 Å². The van der Waals surface area contributed by atoms with Gasteiger partial charge in [-0.25, -0.2) is 0 Å². The van der Waals surface area contributed by atoms with Crippen LogP contribution in [-0.2, 0) is 4.79 Å². The number of primary amides is 1. The first-order chi connectivity index (χ1) is 12.1. The van der Waals surface area contributed by atoms with Gasteiger partial charge in [0.25, 0.3) is 5.91 Å². The number of hydrogen-bond donors (Lipinski definition) is 2. The van der Waals surface area contributed by atoms with Gasteiger partial charge in [-0.05, 0) is 42.3 Å². The Bertz CT molecular complexity index is 752. The number of ether oxygens (including phenoxy) is 1. The highest BCUT2D eigenvalue weighted by molar-refractivity contribution is 6.07. The third-order valence-corrected chi connectivity index (χ3v) is 3.52. The van der Waals surface area contributed by atoms with Crippen molar-refractivity contribution in [2.24, 2.45) is 5.73 Å². The van der Waals surface area contributed by atoms with Crippen molar-refractivity contribution < 1.29 is 14.3 Å². The number of carbonyl (C=O) groups is 2. The minimum Gasteiger partial charge on any atom is -0.494 e. The quantitative estimate of drug-likeness (QED) is 0.570. The van der Waals surface area contributed by atoms with Crippen LogP contribution in [0.2, 0.25) is 0 Å². The van der Waals surface area contributed by atoms with Crippen LogP contribution in [0, 0.1) is 0 Å². The molecule has 5 heteroatoms. The van der Waals surface area contributed by atoms with Crippen LogP contribution in [0.3, 0.4) is 0 Å². The molecule has 2 amide bonds. The molecule has 5 nitrogen and oxygen atoms in total. The summed E-state index contributed by atoms with van der Waals surface area (Å²) in [7, 11) is 0. The Hall–Kier alpha value is -3.08. The van der Waals surface area contributed by atoms with Crippen molar-refractivity contribution in [1.82, 2.24) is 0 Å². The fourth-order valence-corrected chi connectivity index (χ4v) is 2.16. The lowest BCUT2D eigenvalue weighted by molar-refractivity contribution is -0.111. The van der Waals surface area contributed by atoms with E-state index in [1.54, 1.807) is 30.3 Å². The summed E-state index contributed by atoms with van der Waals surface area (Å²) < 4.78 is 5.59. The molecule has 0 aliphatic rings. The van der Waals surface area contributed by atoms with Gasteiger partial charge in [0.2, 0.25) is 5.91 Å². The van der Waals surface area contributed by atoms with E-state index in [-0.39, 0.29) is 11.5 Å². The molecule has 0 aliphatic carbocycles. The minimum atomic E-state index is -0.585. The molecule has 2 rings (SSSR count). The maximum atomic E-state index is 12.0. The van der Waals surface area contributed by atoms with Crippen LogP contribution >= 0.6 is 0 Å². The number of rotatable bonds is 8. The molecule has 0 saturated carbocycles. The number of hydrogen-bond acceptors (Lipinski definition) is 3. The van der Waals surface area contributed by atoms with Gasteiger partial charge in [0.15, 0.2) is 0 Å². The van der Waals surface area contributed by atoms with Crippen molar-refractivity contribution >= 4 is 23.6 Å². The molecule has 3 N–H and O–H groups in total. The zero-order valence-corrected chi connectivity index (χ0v) is 14.2. The van der Waals surface area contributed by atoms with E-state index in [4.69, 9.17) is 10.5 Å². The second-order valence-corrected chi connectivity index (χ2v) is 5.50. The first kappa shape index (κ1) is 18.3. The van der Waals surface area contributed by atoms with Crippen molar-refractivity contribution in [2.75, 3.05) is 11.9 Å². The molecular formula is C20H22N2O3. The summed E-state index contributed by atoms with van der Waals surface area (Å²) >= 11 is 0. The van der Waals surface area contributed by atoms with Crippen LogP contribution in [0.25, 0.3) is 6.08 Å². The number of para-hydroxylation sites is 1. The van der Waals surface area contributed by atoms with E-state index in [1.165, 1.54) is 6.08 Å². The Balaban J connectivity index is 1.95. The Morgan fingerprint density at radius 3 is 2.52 bits per heavy atom. The van der Waals surface area contributed by atoms with E-state index in [0.717, 1.165) is 24.2 Å². The van der Waals surface area contributed by atoms with Crippen molar-refractivity contribution in [3.05, 3.63) is 65.7 Å². The molecule has 0 aliphatic heterocycles. The molecule has 0 radical (unpaired) electrons. The lowest BCUT2D eigenvalue weighted by Gasteiger charge is -2.06. The summed E-state index contributed by atoms with van der Waals surface area (Å²) in [5, 5.41) is 2.66. The number of benzene rings is 2. The van der Waals surface area contributed by atoms with Crippen molar-refractivity contribution in [2.45, 2.75) is 19.8 Å². The molecule has 0 saturated heterocycles. The zero-order chi connectivity index (χ0) is 18.1. The molecule has 25 heavy (non-hydrogen) atoms. The highest BCUT2D eigenvalue weighted by Gasteiger charge is 2.08. The Morgan fingerprint density at radius 1 is 1.12 bits per heavy atom. The lowest BCUT2D eigenvalue weighted by Crippen LogP contribution is -2.16. The van der Waals surface area contributed by atoms with E-state index < -0.39 is 5.91 Å². The Labute approximate surface area is 147 Å². The van der Waals surface area contributed by atoms with Crippen LogP contribution in [0.5, 0.6) is 5.75 Å². The molecular weight excluding hydrogens is 316 g/mol. The minimum absolute atomic E-state index is 0.276. The van der Waals surface area contributed by atoms with Crippen molar-refractivity contribution in [3.63, 3.8) is 0 Å². The summed E-state index contributed by atoms with van der Waals surface area (Å²) in [5.41, 5.74) is 6.84. The van der Waals surface area contributed by atoms with Crippen LogP contribution < -0.4 is 15.8 Å². The smallest absolute Gasteiger partial charge is 0.250 e. The van der Waals surface area contributed by atoms with Gasteiger partial charge in [-0.3, -0.25) is 9.59 Å². The maximum absolute atomic E-state index is 12.0. The monoisotopic (exact) mass is 338 g/mol. The molecule has 0 spiro atoms. The average molecular weight is 338 g/mol. The zero-order valence-electron chi connectivity index (χ0n) is 14.2. The molecule has 2 aromatic carbocycles. The number of anilines is 1. The normalized spacial score (nSPS) is 10.6. The Kier molecular flexibility index (Phi) is 6.77. The molecule has 0 aromatic heterocycles. The fraction of sp³-hybridized carbons (Fsp3) is 0.200. The van der Waals surface area contributed by atoms with Gasteiger partial charge in [-0.15, -0.1) is 0 Å². The van der Waals surface area contributed by atoms with Crippen molar-refractivity contribution in [1.29, 1.82) is 0 Å². The summed E-state index contributed by atoms with van der Waals surface area (Å²) in [6.45, 7) is 2.82. The average Bonchev–Trinajstić information content (AvgIpc) is 2.61. The highest BCUT2D eigenvalue weighted by Crippen LogP contribution is 2.15. The summed E-state index contributed by atoms with van der Waals surface area (Å²) in [6.07, 6.45) is 5.21. The maximum Gasteiger partial charge on any atom is 0.250 e. The van der Waals surface area contributed by atoms with E-state index in [1.807, 2.05) is 24.3 Å². The molecule has 130 valence electrons. The topological polar surface area (TPSA) is 81.4 Å². The third-order valence-electron chi connectivity index (χ3n) is 3.52. The third kappa shape index (κ3) is 5.80. The highest BCUT2D eigenvalue weighted by atomic mass is 16.5. The van der Waals surface area contributed by atoms with E-state index >= 15 is 0 Å². The van der Waals surface area contributed by atoms with Crippen LogP contribution in [0.1, 0.15) is 35.7 Å². The van der Waals surface area contributed by atoms with Gasteiger partial charge in [-0.2, -0.15) is 0 Å². The van der Waals surface area contributed by atoms with Crippen molar-refractivity contribution in [3.8, 4) is 5.75 Å². The molecule has 0 bridgehead atoms. The summed E-state index contributed by atoms with van der Waals surface area (Å²) in [4.78, 5) is 23.4. The summed E-state index contributed by atoms with van der Waals surface area (Å²) in [6, 6.07) is 14.1. The number of nitrogens with one attached hydrogen (secondary N) is 1. The van der Waals surface area contributed by atoms with Gasteiger partial charge in [0, 0.05) is 6.08 Å². The molecule has 0 atom stereocenters. The fourth-order valence-electron chi connectivity index (χ4n) is 2.16. The number of carbonyl (C=O) groups excluding carboxylic acids is 2. The van der Waals surface area contributed by atoms with Gasteiger partial charge in [0.1, 0.15) is 5.75 Å². The van der Waals surface area contributed by atoms with Crippen LogP contribution in [0.4, 0.5) is 5.69 Å².